The lowest BCUT2D eigenvalue weighted by Gasteiger charge is -2.17. The van der Waals surface area contributed by atoms with Crippen LogP contribution in [0.15, 0.2) is 48.5 Å². The number of benzene rings is 2. The van der Waals surface area contributed by atoms with Crippen LogP contribution in [0, 0.1) is 0 Å². The van der Waals surface area contributed by atoms with Gasteiger partial charge in [-0.05, 0) is 43.3 Å². The first-order valence-electron chi connectivity index (χ1n) is 8.45. The Kier molecular flexibility index (Phi) is 7.00. The van der Waals surface area contributed by atoms with E-state index in [-0.39, 0.29) is 18.8 Å². The van der Waals surface area contributed by atoms with Gasteiger partial charge < -0.3 is 14.8 Å². The number of nitrogens with one attached hydrogen (secondary N) is 1. The first-order chi connectivity index (χ1) is 13.2. The van der Waals surface area contributed by atoms with Crippen LogP contribution < -0.4 is 14.4 Å². The molecule has 2 rings (SSSR count). The molecule has 0 fully saturated rings. The number of nitrogens with zero attached hydrogens (tertiary/aromatic N) is 1. The van der Waals surface area contributed by atoms with Crippen LogP contribution in [0.4, 0.5) is 11.4 Å². The van der Waals surface area contributed by atoms with Gasteiger partial charge in [0.05, 0.1) is 29.8 Å². The van der Waals surface area contributed by atoms with E-state index in [0.29, 0.717) is 17.1 Å². The van der Waals surface area contributed by atoms with Crippen molar-refractivity contribution >= 4 is 33.3 Å². The lowest BCUT2D eigenvalue weighted by molar-refractivity contribution is -0.118. The average molecular weight is 406 g/mol. The van der Waals surface area contributed by atoms with Crippen molar-refractivity contribution in [2.75, 3.05) is 36.1 Å². The third-order valence-electron chi connectivity index (χ3n) is 3.76. The third kappa shape index (κ3) is 5.71. The second kappa shape index (κ2) is 9.23. The molecule has 0 saturated carbocycles. The highest BCUT2D eigenvalue weighted by Gasteiger charge is 2.15. The Labute approximate surface area is 164 Å². The molecular formula is C19H22N2O6S. The summed E-state index contributed by atoms with van der Waals surface area (Å²) in [5.74, 6) is -0.571. The van der Waals surface area contributed by atoms with Crippen molar-refractivity contribution in [2.45, 2.75) is 6.92 Å². The van der Waals surface area contributed by atoms with Crippen molar-refractivity contribution in [1.82, 2.24) is 0 Å². The monoisotopic (exact) mass is 406 g/mol. The Balaban J connectivity index is 1.97. The summed E-state index contributed by atoms with van der Waals surface area (Å²) in [4.78, 5) is 24.1. The lowest BCUT2D eigenvalue weighted by Crippen LogP contribution is -2.24. The molecule has 0 aliphatic heterocycles. The zero-order chi connectivity index (χ0) is 20.7. The normalized spacial score (nSPS) is 10.8. The molecule has 0 radical (unpaired) electrons. The van der Waals surface area contributed by atoms with E-state index < -0.39 is 21.9 Å². The molecule has 0 unspecified atom stereocenters. The number of carbonyl (C=O) groups is 2. The predicted octanol–water partition coefficient (Wildman–Crippen LogP) is 2.28. The van der Waals surface area contributed by atoms with E-state index in [4.69, 9.17) is 9.47 Å². The fraction of sp³-hybridized carbons (Fsp3) is 0.263. The minimum atomic E-state index is -3.35. The standard InChI is InChI=1S/C19H22N2O6S/c1-4-26-19(23)16-7-5-6-8-17(16)20-18(22)13-27-15-11-9-14(10-12-15)21(2)28(3,24)25/h5-12H,4,13H2,1-3H3,(H,20,22). The fourth-order valence-electron chi connectivity index (χ4n) is 2.26. The van der Waals surface area contributed by atoms with Gasteiger partial charge in [-0.2, -0.15) is 0 Å². The van der Waals surface area contributed by atoms with E-state index in [1.807, 2.05) is 0 Å². The van der Waals surface area contributed by atoms with Gasteiger partial charge in [-0.25, -0.2) is 13.2 Å². The van der Waals surface area contributed by atoms with E-state index in [1.54, 1.807) is 55.5 Å². The molecule has 0 bridgehead atoms. The maximum atomic E-state index is 12.1. The van der Waals surface area contributed by atoms with E-state index in [1.165, 1.54) is 7.05 Å². The average Bonchev–Trinajstić information content (AvgIpc) is 2.66. The van der Waals surface area contributed by atoms with Gasteiger partial charge in [0.15, 0.2) is 6.61 Å². The van der Waals surface area contributed by atoms with Gasteiger partial charge in [0, 0.05) is 7.05 Å². The number of para-hydroxylation sites is 1. The molecule has 1 amide bonds. The minimum Gasteiger partial charge on any atom is -0.484 e. The van der Waals surface area contributed by atoms with E-state index in [0.717, 1.165) is 10.6 Å². The smallest absolute Gasteiger partial charge is 0.340 e. The Morgan fingerprint density at radius 1 is 1.07 bits per heavy atom. The Bertz CT molecular complexity index is 941. The van der Waals surface area contributed by atoms with Crippen molar-refractivity contribution < 1.29 is 27.5 Å². The number of amides is 1. The first-order valence-corrected chi connectivity index (χ1v) is 10.3. The van der Waals surface area contributed by atoms with E-state index in [2.05, 4.69) is 5.32 Å². The Morgan fingerprint density at radius 3 is 2.32 bits per heavy atom. The zero-order valence-corrected chi connectivity index (χ0v) is 16.7. The van der Waals surface area contributed by atoms with Crippen LogP contribution in [0.2, 0.25) is 0 Å². The quantitative estimate of drug-likeness (QED) is 0.675. The highest BCUT2D eigenvalue weighted by molar-refractivity contribution is 7.92. The molecule has 0 atom stereocenters. The molecule has 150 valence electrons. The number of esters is 1. The van der Waals surface area contributed by atoms with Gasteiger partial charge in [0.2, 0.25) is 10.0 Å². The Morgan fingerprint density at radius 2 is 1.71 bits per heavy atom. The fourth-order valence-corrected chi connectivity index (χ4v) is 2.76. The lowest BCUT2D eigenvalue weighted by atomic mass is 10.2. The number of hydrogen-bond acceptors (Lipinski definition) is 6. The predicted molar refractivity (Wildman–Crippen MR) is 106 cm³/mol. The zero-order valence-electron chi connectivity index (χ0n) is 15.8. The van der Waals surface area contributed by atoms with Crippen molar-refractivity contribution in [2.24, 2.45) is 0 Å². The number of anilines is 2. The second-order valence-electron chi connectivity index (χ2n) is 5.83. The van der Waals surface area contributed by atoms with Crippen molar-refractivity contribution in [1.29, 1.82) is 0 Å². The third-order valence-corrected chi connectivity index (χ3v) is 4.97. The number of sulfonamides is 1. The van der Waals surface area contributed by atoms with Gasteiger partial charge in [0.1, 0.15) is 5.75 Å². The number of carbonyl (C=O) groups excluding carboxylic acids is 2. The van der Waals surface area contributed by atoms with Crippen LogP contribution in [0.1, 0.15) is 17.3 Å². The molecule has 0 saturated heterocycles. The minimum absolute atomic E-state index is 0.231. The molecule has 8 nitrogen and oxygen atoms in total. The summed E-state index contributed by atoms with van der Waals surface area (Å²) in [5, 5.41) is 2.62. The highest BCUT2D eigenvalue weighted by atomic mass is 32.2. The van der Waals surface area contributed by atoms with Crippen LogP contribution in [-0.2, 0) is 19.6 Å². The summed E-state index contributed by atoms with van der Waals surface area (Å²) in [7, 11) is -1.91. The van der Waals surface area contributed by atoms with Crippen LogP contribution in [0.5, 0.6) is 5.75 Å². The van der Waals surface area contributed by atoms with Gasteiger partial charge >= 0.3 is 5.97 Å². The summed E-state index contributed by atoms with van der Waals surface area (Å²) in [6, 6.07) is 12.8. The molecule has 1 N–H and O–H groups in total. The van der Waals surface area contributed by atoms with Gasteiger partial charge in [0.25, 0.3) is 5.91 Å². The topological polar surface area (TPSA) is 102 Å². The molecule has 0 aromatic heterocycles. The molecule has 2 aromatic carbocycles. The van der Waals surface area contributed by atoms with Gasteiger partial charge in [-0.1, -0.05) is 12.1 Å². The van der Waals surface area contributed by atoms with Gasteiger partial charge in [-0.15, -0.1) is 0 Å². The largest absolute Gasteiger partial charge is 0.484 e. The molecule has 0 spiro atoms. The molecule has 0 aliphatic rings. The summed E-state index contributed by atoms with van der Waals surface area (Å²) in [6.45, 7) is 1.65. The van der Waals surface area contributed by atoms with E-state index >= 15 is 0 Å². The number of hydrogen-bond donors (Lipinski definition) is 1. The first kappa shape index (κ1) is 21.2. The van der Waals surface area contributed by atoms with E-state index in [9.17, 15) is 18.0 Å². The molecule has 9 heteroatoms. The molecule has 0 aliphatic carbocycles. The summed E-state index contributed by atoms with van der Waals surface area (Å²) < 4.78 is 34.6. The van der Waals surface area contributed by atoms with Crippen molar-refractivity contribution in [3.8, 4) is 5.75 Å². The van der Waals surface area contributed by atoms with Crippen LogP contribution in [0.3, 0.4) is 0 Å². The molecular weight excluding hydrogens is 384 g/mol. The maximum Gasteiger partial charge on any atom is 0.340 e. The number of ether oxygens (including phenoxy) is 2. The second-order valence-corrected chi connectivity index (χ2v) is 7.84. The summed E-state index contributed by atoms with van der Waals surface area (Å²) in [5.41, 5.74) is 1.06. The Hall–Kier alpha value is -3.07. The van der Waals surface area contributed by atoms with Crippen LogP contribution in [0.25, 0.3) is 0 Å². The molecule has 2 aromatic rings. The van der Waals surface area contributed by atoms with Crippen molar-refractivity contribution in [3.05, 3.63) is 54.1 Å². The highest BCUT2D eigenvalue weighted by Crippen LogP contribution is 2.20. The van der Waals surface area contributed by atoms with Crippen LogP contribution >= 0.6 is 0 Å². The number of rotatable bonds is 8. The SMILES string of the molecule is CCOC(=O)c1ccccc1NC(=O)COc1ccc(N(C)S(C)(=O)=O)cc1. The summed E-state index contributed by atoms with van der Waals surface area (Å²) >= 11 is 0. The van der Waals surface area contributed by atoms with Gasteiger partial charge in [-0.3, -0.25) is 9.10 Å². The summed E-state index contributed by atoms with van der Waals surface area (Å²) in [6.07, 6.45) is 1.11. The van der Waals surface area contributed by atoms with Crippen LogP contribution in [-0.4, -0.2) is 46.8 Å². The van der Waals surface area contributed by atoms with Crippen molar-refractivity contribution in [3.63, 3.8) is 0 Å². The maximum absolute atomic E-state index is 12.1. The molecule has 28 heavy (non-hydrogen) atoms. The molecule has 0 heterocycles.